The van der Waals surface area contributed by atoms with Crippen LogP contribution < -0.4 is 16.0 Å². The highest BCUT2D eigenvalue weighted by Gasteiger charge is 2.41. The van der Waals surface area contributed by atoms with Gasteiger partial charge in [0.1, 0.15) is 11.9 Å². The van der Waals surface area contributed by atoms with Gasteiger partial charge < -0.3 is 16.0 Å². The van der Waals surface area contributed by atoms with Crippen molar-refractivity contribution >= 4 is 23.3 Å². The molecule has 2 aromatic rings. The summed E-state index contributed by atoms with van der Waals surface area (Å²) in [6.07, 6.45) is 13.1. The molecular formula is C23H24N6. The second-order valence-corrected chi connectivity index (χ2v) is 8.16. The zero-order valence-corrected chi connectivity index (χ0v) is 16.3. The summed E-state index contributed by atoms with van der Waals surface area (Å²) in [5, 5.41) is 12.8. The average molecular weight is 384 g/mol. The first-order valence-electron chi connectivity index (χ1n) is 10.2. The molecule has 2 aliphatic heterocycles. The molecular weight excluding hydrogens is 360 g/mol. The quantitative estimate of drug-likeness (QED) is 0.839. The molecule has 3 aliphatic rings. The Labute approximate surface area is 170 Å². The van der Waals surface area contributed by atoms with Gasteiger partial charge in [0.05, 0.1) is 16.9 Å². The minimum atomic E-state index is 0.376. The van der Waals surface area contributed by atoms with Crippen LogP contribution >= 0.6 is 0 Å². The third kappa shape index (κ3) is 3.03. The van der Waals surface area contributed by atoms with E-state index in [9.17, 15) is 0 Å². The number of nitrogens with zero attached hydrogens (tertiary/aromatic N) is 4. The normalized spacial score (nSPS) is 24.2. The van der Waals surface area contributed by atoms with Gasteiger partial charge in [0.15, 0.2) is 0 Å². The van der Waals surface area contributed by atoms with Crippen molar-refractivity contribution < 1.29 is 0 Å². The second kappa shape index (κ2) is 6.93. The standard InChI is InChI=1S/C23H24N6/c1-14(25)20-13-26-21-4-2-3-19(21)23(20)28-16-9-17-6-7-18(10-16)29(17)22-8-5-15(11-24)12-27-22/h2-3,5,8,12-13,16-18H,1,4,6-7,9-10,25H2,(H,26,28)/t16?,17-,18+. The minimum absolute atomic E-state index is 0.376. The number of pyridine rings is 2. The molecule has 29 heavy (non-hydrogen) atoms. The number of nitrogens with one attached hydrogen (secondary N) is 1. The Balaban J connectivity index is 1.39. The number of hydrogen-bond donors (Lipinski definition) is 2. The number of rotatable bonds is 4. The molecule has 2 fully saturated rings. The van der Waals surface area contributed by atoms with Gasteiger partial charge in [0.25, 0.3) is 0 Å². The number of nitriles is 1. The van der Waals surface area contributed by atoms with Crippen molar-refractivity contribution in [2.75, 3.05) is 10.2 Å². The van der Waals surface area contributed by atoms with Gasteiger partial charge in [-0.2, -0.15) is 5.26 Å². The Morgan fingerprint density at radius 1 is 1.21 bits per heavy atom. The maximum atomic E-state index is 9.02. The maximum absolute atomic E-state index is 9.02. The molecule has 4 heterocycles. The van der Waals surface area contributed by atoms with Crippen LogP contribution in [0.3, 0.4) is 0 Å². The predicted octanol–water partition coefficient (Wildman–Crippen LogP) is 3.46. The van der Waals surface area contributed by atoms with Crippen LogP contribution in [0.15, 0.2) is 37.2 Å². The summed E-state index contributed by atoms with van der Waals surface area (Å²) >= 11 is 0. The zero-order valence-electron chi connectivity index (χ0n) is 16.3. The first kappa shape index (κ1) is 17.7. The minimum Gasteiger partial charge on any atom is -0.399 e. The molecule has 0 radical (unpaired) electrons. The number of piperidine rings is 1. The molecule has 2 bridgehead atoms. The number of anilines is 2. The molecule has 0 amide bonds. The lowest BCUT2D eigenvalue weighted by atomic mass is 9.95. The Kier molecular flexibility index (Phi) is 4.24. The van der Waals surface area contributed by atoms with Crippen LogP contribution in [0, 0.1) is 11.3 Å². The van der Waals surface area contributed by atoms with E-state index in [-0.39, 0.29) is 0 Å². The molecule has 2 aromatic heterocycles. The summed E-state index contributed by atoms with van der Waals surface area (Å²) in [5.41, 5.74) is 11.4. The third-order valence-corrected chi connectivity index (χ3v) is 6.36. The fourth-order valence-electron chi connectivity index (χ4n) is 5.07. The van der Waals surface area contributed by atoms with Crippen LogP contribution in [-0.4, -0.2) is 28.1 Å². The molecule has 5 rings (SSSR count). The molecule has 0 aromatic carbocycles. The predicted molar refractivity (Wildman–Crippen MR) is 115 cm³/mol. The van der Waals surface area contributed by atoms with Gasteiger partial charge in [0, 0.05) is 53.8 Å². The summed E-state index contributed by atoms with van der Waals surface area (Å²) in [6, 6.07) is 7.28. The van der Waals surface area contributed by atoms with E-state index in [1.807, 2.05) is 18.3 Å². The summed E-state index contributed by atoms with van der Waals surface area (Å²) in [7, 11) is 0. The second-order valence-electron chi connectivity index (χ2n) is 8.16. The highest BCUT2D eigenvalue weighted by molar-refractivity contribution is 5.82. The van der Waals surface area contributed by atoms with Crippen molar-refractivity contribution in [3.63, 3.8) is 0 Å². The monoisotopic (exact) mass is 384 g/mol. The summed E-state index contributed by atoms with van der Waals surface area (Å²) in [5.74, 6) is 0.985. The average Bonchev–Trinajstić information content (AvgIpc) is 3.31. The van der Waals surface area contributed by atoms with Crippen LogP contribution in [0.25, 0.3) is 11.8 Å². The number of fused-ring (bicyclic) bond motifs is 3. The van der Waals surface area contributed by atoms with Gasteiger partial charge in [-0.1, -0.05) is 18.7 Å². The van der Waals surface area contributed by atoms with Gasteiger partial charge in [-0.25, -0.2) is 4.98 Å². The lowest BCUT2D eigenvalue weighted by molar-refractivity contribution is 0.430. The topological polar surface area (TPSA) is 90.9 Å². The fraction of sp³-hybridized carbons (Fsp3) is 0.348. The van der Waals surface area contributed by atoms with Gasteiger partial charge in [-0.05, 0) is 37.8 Å². The first-order valence-corrected chi connectivity index (χ1v) is 10.2. The largest absolute Gasteiger partial charge is 0.399 e. The number of aromatic nitrogens is 2. The van der Waals surface area contributed by atoms with E-state index in [0.717, 1.165) is 47.6 Å². The smallest absolute Gasteiger partial charge is 0.129 e. The van der Waals surface area contributed by atoms with Crippen molar-refractivity contribution in [2.45, 2.75) is 50.2 Å². The number of nitrogens with two attached hydrogens (primary N) is 1. The Hall–Kier alpha value is -3.33. The van der Waals surface area contributed by atoms with Crippen LogP contribution in [-0.2, 0) is 6.42 Å². The Morgan fingerprint density at radius 3 is 2.66 bits per heavy atom. The van der Waals surface area contributed by atoms with E-state index < -0.39 is 0 Å². The van der Waals surface area contributed by atoms with E-state index >= 15 is 0 Å². The highest BCUT2D eigenvalue weighted by Crippen LogP contribution is 2.41. The van der Waals surface area contributed by atoms with Crippen molar-refractivity contribution in [3.8, 4) is 6.07 Å². The molecule has 2 saturated heterocycles. The molecule has 1 aliphatic carbocycles. The Bertz CT molecular complexity index is 1020. The zero-order chi connectivity index (χ0) is 20.0. The molecule has 1 unspecified atom stereocenters. The van der Waals surface area contributed by atoms with Crippen molar-refractivity contribution in [2.24, 2.45) is 5.73 Å². The maximum Gasteiger partial charge on any atom is 0.129 e. The van der Waals surface area contributed by atoms with Crippen molar-refractivity contribution in [1.29, 1.82) is 5.26 Å². The van der Waals surface area contributed by atoms with Crippen LogP contribution in [0.2, 0.25) is 0 Å². The lowest BCUT2D eigenvalue weighted by Crippen LogP contribution is -2.47. The van der Waals surface area contributed by atoms with E-state index in [1.54, 1.807) is 6.20 Å². The molecule has 6 nitrogen and oxygen atoms in total. The molecule has 6 heteroatoms. The molecule has 3 atom stereocenters. The van der Waals surface area contributed by atoms with Crippen LogP contribution in [0.1, 0.15) is 48.1 Å². The number of hydrogen-bond acceptors (Lipinski definition) is 6. The van der Waals surface area contributed by atoms with Crippen LogP contribution in [0.5, 0.6) is 0 Å². The van der Waals surface area contributed by atoms with Gasteiger partial charge in [0.2, 0.25) is 0 Å². The number of allylic oxidation sites excluding steroid dienone is 1. The van der Waals surface area contributed by atoms with Gasteiger partial charge in [-0.3, -0.25) is 4.98 Å². The van der Waals surface area contributed by atoms with Crippen LogP contribution in [0.4, 0.5) is 11.5 Å². The first-order chi connectivity index (χ1) is 14.1. The SMILES string of the molecule is C=C(N)c1cnc2c(c1NC1C[C@H]3CC[C@@H](C1)N3c1ccc(C#N)cn1)C=CC2. The van der Waals surface area contributed by atoms with Crippen molar-refractivity contribution in [1.82, 2.24) is 9.97 Å². The fourth-order valence-corrected chi connectivity index (χ4v) is 5.07. The van der Waals surface area contributed by atoms with Crippen molar-refractivity contribution in [3.05, 3.63) is 59.6 Å². The summed E-state index contributed by atoms with van der Waals surface area (Å²) < 4.78 is 0. The molecule has 3 N–H and O–H groups in total. The highest BCUT2D eigenvalue weighted by atomic mass is 15.3. The molecule has 0 spiro atoms. The van der Waals surface area contributed by atoms with Gasteiger partial charge >= 0.3 is 0 Å². The molecule has 146 valence electrons. The van der Waals surface area contributed by atoms with E-state index in [1.165, 1.54) is 12.8 Å². The lowest BCUT2D eigenvalue weighted by Gasteiger charge is -2.40. The van der Waals surface area contributed by atoms with E-state index in [4.69, 9.17) is 11.0 Å². The summed E-state index contributed by atoms with van der Waals surface area (Å²) in [6.45, 7) is 3.95. The third-order valence-electron chi connectivity index (χ3n) is 6.36. The Morgan fingerprint density at radius 2 is 2.00 bits per heavy atom. The van der Waals surface area contributed by atoms with E-state index in [2.05, 4.69) is 45.0 Å². The summed E-state index contributed by atoms with van der Waals surface area (Å²) in [4.78, 5) is 11.6. The molecule has 0 saturated carbocycles. The van der Waals surface area contributed by atoms with Gasteiger partial charge in [-0.15, -0.1) is 0 Å². The van der Waals surface area contributed by atoms with E-state index in [0.29, 0.717) is 29.4 Å².